The van der Waals surface area contributed by atoms with E-state index >= 15 is 0 Å². The summed E-state index contributed by atoms with van der Waals surface area (Å²) in [6, 6.07) is 0. The molecule has 0 N–H and O–H groups in total. The third-order valence-electron chi connectivity index (χ3n) is 1.46. The van der Waals surface area contributed by atoms with Crippen molar-refractivity contribution in [1.82, 2.24) is 4.98 Å². The summed E-state index contributed by atoms with van der Waals surface area (Å²) in [7, 11) is 0. The zero-order chi connectivity index (χ0) is 8.27. The highest BCUT2D eigenvalue weighted by Gasteiger charge is 1.86. The molecular formula is C9H11NS. The van der Waals surface area contributed by atoms with Crippen LogP contribution in [0, 0.1) is 0 Å². The second-order valence-electron chi connectivity index (χ2n) is 2.32. The van der Waals surface area contributed by atoms with E-state index in [1.165, 1.54) is 0 Å². The first-order chi connectivity index (χ1) is 5.24. The Kier molecular flexibility index (Phi) is 2.60. The Balaban J connectivity index is 3.10. The van der Waals surface area contributed by atoms with Gasteiger partial charge in [0, 0.05) is 0 Å². The molecule has 0 aliphatic carbocycles. The quantitative estimate of drug-likeness (QED) is 0.643. The number of aromatic nitrogens is 1. The maximum atomic E-state index is 4.04. The van der Waals surface area contributed by atoms with Crippen LogP contribution in [0.15, 0.2) is 17.7 Å². The topological polar surface area (TPSA) is 12.9 Å². The molecule has 0 radical (unpaired) electrons. The van der Waals surface area contributed by atoms with Gasteiger partial charge < -0.3 is 0 Å². The Hall–Kier alpha value is -0.890. The predicted octanol–water partition coefficient (Wildman–Crippen LogP) is 1.30. The maximum Gasteiger partial charge on any atom is 0.0805 e. The van der Waals surface area contributed by atoms with Crippen LogP contribution >= 0.6 is 11.3 Å². The first-order valence-corrected chi connectivity index (χ1v) is 4.40. The molecule has 0 atom stereocenters. The van der Waals surface area contributed by atoms with Gasteiger partial charge in [0.15, 0.2) is 0 Å². The fraction of sp³-hybridized carbons (Fsp3) is 0.222. The molecule has 58 valence electrons. The van der Waals surface area contributed by atoms with Crippen molar-refractivity contribution in [2.24, 2.45) is 0 Å². The van der Waals surface area contributed by atoms with Crippen LogP contribution in [-0.4, -0.2) is 4.98 Å². The van der Waals surface area contributed by atoms with Crippen LogP contribution in [0.25, 0.3) is 12.7 Å². The SMILES string of the molecule is C=C(/C=c1/scnc1=C)CC. The molecule has 1 aromatic rings. The van der Waals surface area contributed by atoms with Gasteiger partial charge >= 0.3 is 0 Å². The monoisotopic (exact) mass is 165 g/mol. The molecule has 1 aromatic heterocycles. The normalized spacial score (nSPS) is 11.9. The number of thiazole rings is 1. The Morgan fingerprint density at radius 3 is 3.00 bits per heavy atom. The average Bonchev–Trinajstić information content (AvgIpc) is 2.37. The molecule has 0 saturated carbocycles. The lowest BCUT2D eigenvalue weighted by Crippen LogP contribution is -2.18. The smallest absolute Gasteiger partial charge is 0.0805 e. The van der Waals surface area contributed by atoms with E-state index in [2.05, 4.69) is 25.1 Å². The van der Waals surface area contributed by atoms with E-state index in [4.69, 9.17) is 0 Å². The minimum Gasteiger partial charge on any atom is -0.245 e. The van der Waals surface area contributed by atoms with Gasteiger partial charge in [-0.25, -0.2) is 4.98 Å². The van der Waals surface area contributed by atoms with Gasteiger partial charge in [0.2, 0.25) is 0 Å². The lowest BCUT2D eigenvalue weighted by molar-refractivity contribution is 1.18. The van der Waals surface area contributed by atoms with Crippen molar-refractivity contribution in [3.05, 3.63) is 27.5 Å². The van der Waals surface area contributed by atoms with Crippen molar-refractivity contribution < 1.29 is 0 Å². The summed E-state index contributed by atoms with van der Waals surface area (Å²) < 4.78 is 1.12. The highest BCUT2D eigenvalue weighted by molar-refractivity contribution is 7.07. The Morgan fingerprint density at radius 2 is 2.55 bits per heavy atom. The highest BCUT2D eigenvalue weighted by atomic mass is 32.1. The predicted molar refractivity (Wildman–Crippen MR) is 50.8 cm³/mol. The molecule has 0 aromatic carbocycles. The zero-order valence-electron chi connectivity index (χ0n) is 6.63. The first kappa shape index (κ1) is 8.21. The van der Waals surface area contributed by atoms with Crippen LogP contribution in [0.5, 0.6) is 0 Å². The fourth-order valence-corrected chi connectivity index (χ4v) is 1.40. The van der Waals surface area contributed by atoms with Crippen molar-refractivity contribution in [1.29, 1.82) is 0 Å². The van der Waals surface area contributed by atoms with Crippen molar-refractivity contribution in [3.63, 3.8) is 0 Å². The van der Waals surface area contributed by atoms with Gasteiger partial charge in [-0.3, -0.25) is 0 Å². The van der Waals surface area contributed by atoms with Crippen LogP contribution in [0.1, 0.15) is 13.3 Å². The molecular weight excluding hydrogens is 154 g/mol. The van der Waals surface area contributed by atoms with Crippen molar-refractivity contribution >= 4 is 24.0 Å². The molecule has 1 heterocycles. The summed E-state index contributed by atoms with van der Waals surface area (Å²) in [6.45, 7) is 9.77. The number of allylic oxidation sites excluding steroid dienone is 1. The molecule has 11 heavy (non-hydrogen) atoms. The zero-order valence-corrected chi connectivity index (χ0v) is 7.45. The number of rotatable bonds is 2. The minimum absolute atomic E-state index is 0.851. The lowest BCUT2D eigenvalue weighted by atomic mass is 10.2. The second-order valence-corrected chi connectivity index (χ2v) is 3.21. The molecule has 1 rings (SSSR count). The minimum atomic E-state index is 0.851. The highest BCUT2D eigenvalue weighted by Crippen LogP contribution is 1.96. The van der Waals surface area contributed by atoms with E-state index in [-0.39, 0.29) is 0 Å². The molecule has 0 amide bonds. The van der Waals surface area contributed by atoms with Crippen molar-refractivity contribution in [2.45, 2.75) is 13.3 Å². The van der Waals surface area contributed by atoms with E-state index < -0.39 is 0 Å². The average molecular weight is 165 g/mol. The van der Waals surface area contributed by atoms with E-state index in [9.17, 15) is 0 Å². The third-order valence-corrected chi connectivity index (χ3v) is 2.28. The van der Waals surface area contributed by atoms with E-state index in [1.54, 1.807) is 16.8 Å². The molecule has 0 aliphatic heterocycles. The van der Waals surface area contributed by atoms with Crippen LogP contribution < -0.4 is 9.88 Å². The molecule has 1 nitrogen and oxygen atoms in total. The summed E-state index contributed by atoms with van der Waals surface area (Å²) in [5.41, 5.74) is 2.93. The van der Waals surface area contributed by atoms with E-state index in [1.807, 2.05) is 6.08 Å². The van der Waals surface area contributed by atoms with Gasteiger partial charge in [-0.05, 0) is 12.5 Å². The molecule has 0 spiro atoms. The molecule has 0 unspecified atom stereocenters. The summed E-state index contributed by atoms with van der Waals surface area (Å²) in [5.74, 6) is 0. The maximum absolute atomic E-state index is 4.04. The largest absolute Gasteiger partial charge is 0.245 e. The lowest BCUT2D eigenvalue weighted by Gasteiger charge is -1.87. The Labute approximate surface area is 70.4 Å². The van der Waals surface area contributed by atoms with Gasteiger partial charge in [-0.2, -0.15) is 0 Å². The summed E-state index contributed by atoms with van der Waals surface area (Å²) in [4.78, 5) is 4.04. The van der Waals surface area contributed by atoms with Crippen LogP contribution in [0.4, 0.5) is 0 Å². The second kappa shape index (κ2) is 3.49. The summed E-state index contributed by atoms with van der Waals surface area (Å²) in [5, 5.41) is 0.851. The van der Waals surface area contributed by atoms with Gasteiger partial charge in [-0.1, -0.05) is 25.7 Å². The molecule has 0 fully saturated rings. The van der Waals surface area contributed by atoms with E-state index in [0.717, 1.165) is 21.9 Å². The number of hydrogen-bond donors (Lipinski definition) is 0. The molecule has 0 saturated heterocycles. The third kappa shape index (κ3) is 2.02. The Bertz CT molecular complexity index is 348. The van der Waals surface area contributed by atoms with Crippen LogP contribution in [0.2, 0.25) is 0 Å². The van der Waals surface area contributed by atoms with Crippen molar-refractivity contribution in [3.8, 4) is 0 Å². The summed E-state index contributed by atoms with van der Waals surface area (Å²) in [6.07, 6.45) is 3.03. The van der Waals surface area contributed by atoms with Gasteiger partial charge in [0.1, 0.15) is 0 Å². The Morgan fingerprint density at radius 1 is 1.82 bits per heavy atom. The molecule has 0 aliphatic rings. The first-order valence-electron chi connectivity index (χ1n) is 3.52. The van der Waals surface area contributed by atoms with Gasteiger partial charge in [0.25, 0.3) is 0 Å². The van der Waals surface area contributed by atoms with Gasteiger partial charge in [-0.15, -0.1) is 11.3 Å². The van der Waals surface area contributed by atoms with Gasteiger partial charge in [0.05, 0.1) is 15.4 Å². The van der Waals surface area contributed by atoms with E-state index in [0.29, 0.717) is 0 Å². The number of nitrogens with zero attached hydrogens (tertiary/aromatic N) is 1. The molecule has 0 bridgehead atoms. The fourth-order valence-electron chi connectivity index (χ4n) is 0.683. The van der Waals surface area contributed by atoms with Crippen molar-refractivity contribution in [2.75, 3.05) is 0 Å². The standard InChI is InChI=1S/C9H11NS/c1-4-7(2)5-9-8(3)10-6-11-9/h5-6H,2-4H2,1H3/b9-5+. The number of hydrogen-bond acceptors (Lipinski definition) is 2. The van der Waals surface area contributed by atoms with Crippen LogP contribution in [-0.2, 0) is 0 Å². The molecule has 2 heteroatoms. The summed E-state index contributed by atoms with van der Waals surface area (Å²) >= 11 is 1.60. The van der Waals surface area contributed by atoms with Crippen LogP contribution in [0.3, 0.4) is 0 Å².